The topological polar surface area (TPSA) is 3.24 Å². The number of hydrogen-bond donors (Lipinski definition) is 0. The first-order chi connectivity index (χ1) is 25.9. The predicted molar refractivity (Wildman–Crippen MR) is 227 cm³/mol. The lowest BCUT2D eigenvalue weighted by Gasteiger charge is -2.27. The van der Waals surface area contributed by atoms with E-state index < -0.39 is 0 Å². The van der Waals surface area contributed by atoms with Crippen molar-refractivity contribution in [1.29, 1.82) is 0 Å². The zero-order valence-corrected chi connectivity index (χ0v) is 30.5. The standard InChI is InChI=1S/C52H41N/c1-5-37-12-8-10-16-48(37)51-32-41(21-19-35(51)3)40-20-18-34(2)50(31-40)47-27-26-44(28-36(47)4)53(45-24-22-38-13-6-7-14-39(38)30-45)46-25-23-43-29-42-15-9-11-17-49(42)52(43)33-46/h5-28,30-33H,1,29H2,2-4H3. The van der Waals surface area contributed by atoms with Crippen LogP contribution in [0.5, 0.6) is 0 Å². The Morgan fingerprint density at radius 1 is 0.415 bits per heavy atom. The maximum absolute atomic E-state index is 4.07. The van der Waals surface area contributed by atoms with Gasteiger partial charge in [0.05, 0.1) is 0 Å². The molecule has 1 heteroatoms. The molecule has 0 saturated carbocycles. The minimum Gasteiger partial charge on any atom is -0.310 e. The number of aryl methyl sites for hydroxylation is 3. The van der Waals surface area contributed by atoms with Crippen molar-refractivity contribution in [2.24, 2.45) is 0 Å². The molecule has 0 aliphatic heterocycles. The number of anilines is 3. The molecule has 0 bridgehead atoms. The quantitative estimate of drug-likeness (QED) is 0.162. The van der Waals surface area contributed by atoms with E-state index in [4.69, 9.17) is 0 Å². The molecule has 0 atom stereocenters. The number of hydrogen-bond acceptors (Lipinski definition) is 1. The molecule has 0 radical (unpaired) electrons. The van der Waals surface area contributed by atoms with Crippen LogP contribution in [0.3, 0.4) is 0 Å². The molecule has 0 N–H and O–H groups in total. The highest BCUT2D eigenvalue weighted by Gasteiger charge is 2.22. The van der Waals surface area contributed by atoms with E-state index in [1.54, 1.807) is 0 Å². The first-order valence-corrected chi connectivity index (χ1v) is 18.5. The van der Waals surface area contributed by atoms with Crippen molar-refractivity contribution in [3.63, 3.8) is 0 Å². The zero-order chi connectivity index (χ0) is 36.1. The third-order valence-corrected chi connectivity index (χ3v) is 11.1. The zero-order valence-electron chi connectivity index (χ0n) is 30.5. The van der Waals surface area contributed by atoms with Crippen LogP contribution in [0, 0.1) is 20.8 Å². The lowest BCUT2D eigenvalue weighted by atomic mass is 9.90. The van der Waals surface area contributed by atoms with Gasteiger partial charge >= 0.3 is 0 Å². The highest BCUT2D eigenvalue weighted by atomic mass is 15.1. The van der Waals surface area contributed by atoms with Crippen LogP contribution in [0.15, 0.2) is 170 Å². The second-order valence-corrected chi connectivity index (χ2v) is 14.4. The summed E-state index contributed by atoms with van der Waals surface area (Å²) in [6.45, 7) is 10.7. The van der Waals surface area contributed by atoms with Crippen molar-refractivity contribution in [3.05, 3.63) is 204 Å². The van der Waals surface area contributed by atoms with E-state index in [0.717, 1.165) is 29.0 Å². The number of nitrogens with zero attached hydrogens (tertiary/aromatic N) is 1. The van der Waals surface area contributed by atoms with E-state index >= 15 is 0 Å². The normalized spacial score (nSPS) is 11.7. The molecule has 0 aromatic heterocycles. The molecule has 254 valence electrons. The number of benzene rings is 8. The van der Waals surface area contributed by atoms with Crippen LogP contribution in [-0.4, -0.2) is 0 Å². The maximum atomic E-state index is 4.07. The average Bonchev–Trinajstić information content (AvgIpc) is 3.57. The van der Waals surface area contributed by atoms with Gasteiger partial charge in [0.25, 0.3) is 0 Å². The lowest BCUT2D eigenvalue weighted by molar-refractivity contribution is 1.24. The van der Waals surface area contributed by atoms with Gasteiger partial charge in [-0.2, -0.15) is 0 Å². The predicted octanol–water partition coefficient (Wildman–Crippen LogP) is 14.5. The average molecular weight is 680 g/mol. The van der Waals surface area contributed by atoms with Gasteiger partial charge in [-0.3, -0.25) is 0 Å². The maximum Gasteiger partial charge on any atom is 0.0468 e. The van der Waals surface area contributed by atoms with Gasteiger partial charge in [-0.25, -0.2) is 0 Å². The summed E-state index contributed by atoms with van der Waals surface area (Å²) in [5.74, 6) is 0. The molecule has 1 aliphatic rings. The third kappa shape index (κ3) is 5.85. The van der Waals surface area contributed by atoms with E-state index in [1.165, 1.54) is 83.1 Å². The first-order valence-electron chi connectivity index (χ1n) is 18.5. The van der Waals surface area contributed by atoms with E-state index in [-0.39, 0.29) is 0 Å². The molecule has 0 unspecified atom stereocenters. The Hall–Kier alpha value is -6.44. The van der Waals surface area contributed by atoms with Gasteiger partial charge in [0.2, 0.25) is 0 Å². The van der Waals surface area contributed by atoms with Crippen LogP contribution in [0.4, 0.5) is 17.1 Å². The summed E-state index contributed by atoms with van der Waals surface area (Å²) in [6, 6.07) is 60.4. The molecule has 0 spiro atoms. The van der Waals surface area contributed by atoms with Crippen LogP contribution in [0.1, 0.15) is 33.4 Å². The Morgan fingerprint density at radius 2 is 1.00 bits per heavy atom. The fraction of sp³-hybridized carbons (Fsp3) is 0.0769. The highest BCUT2D eigenvalue weighted by Crippen LogP contribution is 2.44. The van der Waals surface area contributed by atoms with E-state index in [0.29, 0.717) is 0 Å². The summed E-state index contributed by atoms with van der Waals surface area (Å²) in [5.41, 5.74) is 21.2. The molecular formula is C52H41N. The number of fused-ring (bicyclic) bond motifs is 4. The van der Waals surface area contributed by atoms with Crippen molar-refractivity contribution in [2.75, 3.05) is 4.90 Å². The fourth-order valence-electron chi connectivity index (χ4n) is 8.21. The van der Waals surface area contributed by atoms with Crippen molar-refractivity contribution >= 4 is 33.9 Å². The molecular weight excluding hydrogens is 639 g/mol. The van der Waals surface area contributed by atoms with Crippen molar-refractivity contribution in [2.45, 2.75) is 27.2 Å². The van der Waals surface area contributed by atoms with Crippen LogP contribution >= 0.6 is 0 Å². The van der Waals surface area contributed by atoms with Crippen molar-refractivity contribution in [1.82, 2.24) is 0 Å². The summed E-state index contributed by atoms with van der Waals surface area (Å²) in [6.07, 6.45) is 2.93. The smallest absolute Gasteiger partial charge is 0.0468 e. The van der Waals surface area contributed by atoms with Gasteiger partial charge in [0.1, 0.15) is 0 Å². The second kappa shape index (κ2) is 13.3. The van der Waals surface area contributed by atoms with Gasteiger partial charge in [-0.1, -0.05) is 128 Å². The first kappa shape index (κ1) is 32.5. The van der Waals surface area contributed by atoms with Gasteiger partial charge in [-0.05, 0) is 164 Å². The summed E-state index contributed by atoms with van der Waals surface area (Å²) in [4.78, 5) is 2.42. The molecule has 9 rings (SSSR count). The van der Waals surface area contributed by atoms with Gasteiger partial charge in [0, 0.05) is 17.1 Å². The second-order valence-electron chi connectivity index (χ2n) is 14.4. The Balaban J connectivity index is 1.13. The lowest BCUT2D eigenvalue weighted by Crippen LogP contribution is -2.10. The Morgan fingerprint density at radius 3 is 1.75 bits per heavy atom. The molecule has 1 nitrogen and oxygen atoms in total. The summed E-state index contributed by atoms with van der Waals surface area (Å²) >= 11 is 0. The Bertz CT molecular complexity index is 2710. The fourth-order valence-corrected chi connectivity index (χ4v) is 8.21. The van der Waals surface area contributed by atoms with Gasteiger partial charge in [-0.15, -0.1) is 0 Å². The molecule has 0 amide bonds. The minimum absolute atomic E-state index is 0.986. The van der Waals surface area contributed by atoms with E-state index in [1.807, 2.05) is 6.08 Å². The van der Waals surface area contributed by atoms with Gasteiger partial charge in [0.15, 0.2) is 0 Å². The molecule has 0 fully saturated rings. The van der Waals surface area contributed by atoms with Crippen LogP contribution in [-0.2, 0) is 6.42 Å². The van der Waals surface area contributed by atoms with Crippen LogP contribution in [0.25, 0.3) is 61.4 Å². The number of rotatable bonds is 7. The summed E-state index contributed by atoms with van der Waals surface area (Å²) in [5, 5.41) is 2.47. The molecule has 1 aliphatic carbocycles. The minimum atomic E-state index is 0.986. The Kier molecular flexibility index (Phi) is 8.13. The van der Waals surface area contributed by atoms with Crippen molar-refractivity contribution < 1.29 is 0 Å². The van der Waals surface area contributed by atoms with E-state index in [2.05, 4.69) is 196 Å². The van der Waals surface area contributed by atoms with E-state index in [9.17, 15) is 0 Å². The molecule has 53 heavy (non-hydrogen) atoms. The molecule has 8 aromatic carbocycles. The van der Waals surface area contributed by atoms with Gasteiger partial charge < -0.3 is 4.90 Å². The monoisotopic (exact) mass is 679 g/mol. The highest BCUT2D eigenvalue weighted by molar-refractivity contribution is 5.91. The summed E-state index contributed by atoms with van der Waals surface area (Å²) < 4.78 is 0. The largest absolute Gasteiger partial charge is 0.310 e. The molecule has 0 heterocycles. The third-order valence-electron chi connectivity index (χ3n) is 11.1. The summed E-state index contributed by atoms with van der Waals surface area (Å²) in [7, 11) is 0. The molecule has 0 saturated heterocycles. The Labute approximate surface area is 313 Å². The van der Waals surface area contributed by atoms with Crippen LogP contribution < -0.4 is 4.90 Å². The van der Waals surface area contributed by atoms with Crippen molar-refractivity contribution in [3.8, 4) is 44.5 Å². The molecule has 8 aromatic rings. The van der Waals surface area contributed by atoms with Crippen LogP contribution in [0.2, 0.25) is 0 Å². The SMILES string of the molecule is C=Cc1ccccc1-c1cc(-c2ccc(C)c(-c3ccc(N(c4ccc5c(c4)-c4ccccc4C5)c4ccc5ccccc5c4)cc3C)c2)ccc1C.